The smallest absolute Gasteiger partial charge is 0.0391 e. The number of rotatable bonds is 9. The largest absolute Gasteiger partial charge is 0.0651 e. The molecule has 0 aromatic carbocycles. The average Bonchev–Trinajstić information content (AvgIpc) is 2.31. The summed E-state index contributed by atoms with van der Waals surface area (Å²) in [7, 11) is 0. The zero-order chi connectivity index (χ0) is 13.4. The zero-order valence-electron chi connectivity index (χ0n) is 13.4. The van der Waals surface area contributed by atoms with Gasteiger partial charge in [0, 0.05) is 0 Å². The van der Waals surface area contributed by atoms with E-state index < -0.39 is 0 Å². The summed E-state index contributed by atoms with van der Waals surface area (Å²) in [5, 5.41) is 0. The summed E-state index contributed by atoms with van der Waals surface area (Å²) in [6.45, 7) is 16.7. The third kappa shape index (κ3) is 7.84. The van der Waals surface area contributed by atoms with E-state index >= 15 is 0 Å². The minimum atomic E-state index is 0.861. The fourth-order valence-corrected chi connectivity index (χ4v) is 2.43. The van der Waals surface area contributed by atoms with Crippen LogP contribution in [0.2, 0.25) is 0 Å². The van der Waals surface area contributed by atoms with Crippen LogP contribution in [-0.2, 0) is 0 Å². The van der Waals surface area contributed by atoms with Crippen molar-refractivity contribution in [1.29, 1.82) is 0 Å². The average molecular weight is 240 g/mol. The fourth-order valence-electron chi connectivity index (χ4n) is 2.43. The van der Waals surface area contributed by atoms with Crippen LogP contribution < -0.4 is 0 Å². The van der Waals surface area contributed by atoms with Gasteiger partial charge in [-0.05, 0) is 29.6 Å². The van der Waals surface area contributed by atoms with Gasteiger partial charge in [0.15, 0.2) is 0 Å². The predicted octanol–water partition coefficient (Wildman–Crippen LogP) is 6.16. The van der Waals surface area contributed by atoms with Crippen molar-refractivity contribution >= 4 is 0 Å². The standard InChI is InChI=1S/C17H36/c1-8-14(4)10-12-16(6)17(7)15(5)11-9-13(2)3/h13-17H,8-12H2,1-7H3. The highest BCUT2D eigenvalue weighted by molar-refractivity contribution is 4.70. The van der Waals surface area contributed by atoms with Crippen molar-refractivity contribution in [3.8, 4) is 0 Å². The SMILES string of the molecule is CCC(C)CCC(C)C(C)C(C)CCC(C)C. The number of hydrogen-bond acceptors (Lipinski definition) is 0. The van der Waals surface area contributed by atoms with Crippen LogP contribution in [0.15, 0.2) is 0 Å². The molecule has 0 N–H and O–H groups in total. The highest BCUT2D eigenvalue weighted by Crippen LogP contribution is 2.29. The third-order valence-corrected chi connectivity index (χ3v) is 4.81. The lowest BCUT2D eigenvalue weighted by Gasteiger charge is -2.27. The van der Waals surface area contributed by atoms with E-state index in [9.17, 15) is 0 Å². The van der Waals surface area contributed by atoms with Crippen molar-refractivity contribution in [3.63, 3.8) is 0 Å². The highest BCUT2D eigenvalue weighted by atomic mass is 14.2. The maximum Gasteiger partial charge on any atom is -0.0391 e. The highest BCUT2D eigenvalue weighted by Gasteiger charge is 2.19. The topological polar surface area (TPSA) is 0 Å². The summed E-state index contributed by atoms with van der Waals surface area (Å²) < 4.78 is 0. The van der Waals surface area contributed by atoms with E-state index in [1.807, 2.05) is 0 Å². The maximum absolute atomic E-state index is 2.46. The van der Waals surface area contributed by atoms with Gasteiger partial charge in [-0.15, -0.1) is 0 Å². The molecule has 0 fully saturated rings. The minimum Gasteiger partial charge on any atom is -0.0651 e. The molecule has 0 saturated carbocycles. The van der Waals surface area contributed by atoms with Gasteiger partial charge < -0.3 is 0 Å². The van der Waals surface area contributed by atoms with Crippen molar-refractivity contribution < 1.29 is 0 Å². The van der Waals surface area contributed by atoms with Crippen LogP contribution in [0.1, 0.15) is 80.6 Å². The summed E-state index contributed by atoms with van der Waals surface area (Å²) in [4.78, 5) is 0. The van der Waals surface area contributed by atoms with E-state index in [1.54, 1.807) is 0 Å². The van der Waals surface area contributed by atoms with E-state index in [1.165, 1.54) is 32.1 Å². The van der Waals surface area contributed by atoms with E-state index in [0.29, 0.717) is 0 Å². The van der Waals surface area contributed by atoms with Crippen LogP contribution in [0.25, 0.3) is 0 Å². The molecule has 0 saturated heterocycles. The van der Waals surface area contributed by atoms with E-state index in [0.717, 1.165) is 29.6 Å². The Morgan fingerprint density at radius 3 is 1.53 bits per heavy atom. The lowest BCUT2D eigenvalue weighted by molar-refractivity contribution is 0.232. The lowest BCUT2D eigenvalue weighted by atomic mass is 9.79. The lowest BCUT2D eigenvalue weighted by Crippen LogP contribution is -2.18. The molecule has 0 aliphatic rings. The molecule has 0 aromatic heterocycles. The molecule has 0 heterocycles. The summed E-state index contributed by atoms with van der Waals surface area (Å²) >= 11 is 0. The van der Waals surface area contributed by atoms with Gasteiger partial charge in [0.25, 0.3) is 0 Å². The van der Waals surface area contributed by atoms with Crippen LogP contribution in [-0.4, -0.2) is 0 Å². The van der Waals surface area contributed by atoms with E-state index in [4.69, 9.17) is 0 Å². The molecule has 0 amide bonds. The van der Waals surface area contributed by atoms with Crippen LogP contribution in [0.5, 0.6) is 0 Å². The second-order valence-electron chi connectivity index (χ2n) is 6.88. The molecular formula is C17H36. The fraction of sp³-hybridized carbons (Fsp3) is 1.00. The van der Waals surface area contributed by atoms with Crippen molar-refractivity contribution in [1.82, 2.24) is 0 Å². The summed E-state index contributed by atoms with van der Waals surface area (Å²) in [6.07, 6.45) is 6.97. The molecule has 0 bridgehead atoms. The van der Waals surface area contributed by atoms with Gasteiger partial charge in [0.05, 0.1) is 0 Å². The van der Waals surface area contributed by atoms with Gasteiger partial charge in [-0.2, -0.15) is 0 Å². The molecule has 0 heteroatoms. The molecule has 0 aromatic rings. The van der Waals surface area contributed by atoms with Crippen molar-refractivity contribution in [2.75, 3.05) is 0 Å². The Hall–Kier alpha value is 0. The first-order valence-electron chi connectivity index (χ1n) is 7.88. The Morgan fingerprint density at radius 1 is 0.647 bits per heavy atom. The van der Waals surface area contributed by atoms with Gasteiger partial charge >= 0.3 is 0 Å². The maximum atomic E-state index is 2.46. The Bertz CT molecular complexity index is 171. The van der Waals surface area contributed by atoms with E-state index in [-0.39, 0.29) is 0 Å². The molecule has 4 unspecified atom stereocenters. The first-order valence-corrected chi connectivity index (χ1v) is 7.88. The summed E-state index contributed by atoms with van der Waals surface area (Å²) in [5.74, 6) is 4.45. The Kier molecular flexibility index (Phi) is 9.00. The van der Waals surface area contributed by atoms with Crippen LogP contribution in [0, 0.1) is 29.6 Å². The van der Waals surface area contributed by atoms with Crippen LogP contribution >= 0.6 is 0 Å². The first-order chi connectivity index (χ1) is 7.88. The molecule has 0 rings (SSSR count). The monoisotopic (exact) mass is 240 g/mol. The quantitative estimate of drug-likeness (QED) is 0.453. The molecule has 17 heavy (non-hydrogen) atoms. The van der Waals surface area contributed by atoms with Gasteiger partial charge in [-0.3, -0.25) is 0 Å². The Balaban J connectivity index is 3.89. The molecule has 4 atom stereocenters. The molecule has 0 radical (unpaired) electrons. The van der Waals surface area contributed by atoms with Gasteiger partial charge in [-0.25, -0.2) is 0 Å². The van der Waals surface area contributed by atoms with Crippen molar-refractivity contribution in [2.45, 2.75) is 80.6 Å². The Morgan fingerprint density at radius 2 is 1.12 bits per heavy atom. The molecule has 0 spiro atoms. The van der Waals surface area contributed by atoms with Gasteiger partial charge in [0.2, 0.25) is 0 Å². The molecular weight excluding hydrogens is 204 g/mol. The van der Waals surface area contributed by atoms with Crippen molar-refractivity contribution in [3.05, 3.63) is 0 Å². The minimum absolute atomic E-state index is 0.861. The normalized spacial score (nSPS) is 19.1. The third-order valence-electron chi connectivity index (χ3n) is 4.81. The molecule has 0 aliphatic carbocycles. The second-order valence-corrected chi connectivity index (χ2v) is 6.88. The Labute approximate surface area is 111 Å². The van der Waals surface area contributed by atoms with E-state index in [2.05, 4.69) is 48.5 Å². The molecule has 0 aliphatic heterocycles. The first kappa shape index (κ1) is 17.0. The summed E-state index contributed by atoms with van der Waals surface area (Å²) in [5.41, 5.74) is 0. The van der Waals surface area contributed by atoms with Crippen LogP contribution in [0.4, 0.5) is 0 Å². The van der Waals surface area contributed by atoms with Crippen LogP contribution in [0.3, 0.4) is 0 Å². The zero-order valence-corrected chi connectivity index (χ0v) is 13.4. The molecule has 104 valence electrons. The molecule has 0 nitrogen and oxygen atoms in total. The predicted molar refractivity (Wildman–Crippen MR) is 80.3 cm³/mol. The van der Waals surface area contributed by atoms with Gasteiger partial charge in [0.1, 0.15) is 0 Å². The summed E-state index contributed by atoms with van der Waals surface area (Å²) in [6, 6.07) is 0. The number of hydrogen-bond donors (Lipinski definition) is 0. The second kappa shape index (κ2) is 9.00. The van der Waals surface area contributed by atoms with Crippen molar-refractivity contribution in [2.24, 2.45) is 29.6 Å². The van der Waals surface area contributed by atoms with Gasteiger partial charge in [-0.1, -0.05) is 80.6 Å².